The van der Waals surface area contributed by atoms with E-state index < -0.39 is 0 Å². The first-order valence-corrected chi connectivity index (χ1v) is 6.84. The van der Waals surface area contributed by atoms with Crippen LogP contribution < -0.4 is 16.0 Å². The van der Waals surface area contributed by atoms with Crippen molar-refractivity contribution in [2.24, 2.45) is 5.73 Å². The molecule has 3 N–H and O–H groups in total. The maximum Gasteiger partial charge on any atom is 0.242 e. The summed E-state index contributed by atoms with van der Waals surface area (Å²) in [5.41, 5.74) is 8.74. The molecule has 1 saturated heterocycles. The van der Waals surface area contributed by atoms with Gasteiger partial charge in [0.2, 0.25) is 5.91 Å². The maximum absolute atomic E-state index is 11.9. The van der Waals surface area contributed by atoms with Crippen molar-refractivity contribution in [1.82, 2.24) is 5.32 Å². The molecule has 0 aliphatic carbocycles. The fraction of sp³-hybridized carbons (Fsp3) is 0.429. The summed E-state index contributed by atoms with van der Waals surface area (Å²) in [6, 6.07) is 5.89. The van der Waals surface area contributed by atoms with E-state index >= 15 is 0 Å². The summed E-state index contributed by atoms with van der Waals surface area (Å²) in [4.78, 5) is 14.4. The van der Waals surface area contributed by atoms with Crippen molar-refractivity contribution < 1.29 is 4.79 Å². The minimum atomic E-state index is -0.124. The van der Waals surface area contributed by atoms with E-state index in [4.69, 9.17) is 18.0 Å². The van der Waals surface area contributed by atoms with Crippen LogP contribution in [-0.4, -0.2) is 30.5 Å². The van der Waals surface area contributed by atoms with Gasteiger partial charge in [-0.2, -0.15) is 0 Å². The van der Waals surface area contributed by atoms with Gasteiger partial charge >= 0.3 is 0 Å². The lowest BCUT2D eigenvalue weighted by molar-refractivity contribution is -0.121. The number of carbonyl (C=O) groups excluding carboxylic acids is 1. The Morgan fingerprint density at radius 3 is 2.89 bits per heavy atom. The van der Waals surface area contributed by atoms with Gasteiger partial charge in [0, 0.05) is 24.8 Å². The topological polar surface area (TPSA) is 58.4 Å². The van der Waals surface area contributed by atoms with Crippen LogP contribution in [0.4, 0.5) is 5.69 Å². The molecule has 5 heteroatoms. The second-order valence-electron chi connectivity index (χ2n) is 4.85. The molecule has 102 valence electrons. The normalized spacial score (nSPS) is 18.4. The zero-order valence-electron chi connectivity index (χ0n) is 11.3. The molecular formula is C14H19N3OS. The Balaban J connectivity index is 2.40. The number of nitrogens with two attached hydrogens (primary N) is 1. The molecule has 1 unspecified atom stereocenters. The fourth-order valence-electron chi connectivity index (χ4n) is 2.59. The van der Waals surface area contributed by atoms with E-state index in [1.165, 1.54) is 0 Å². The monoisotopic (exact) mass is 277 g/mol. The third-order valence-electron chi connectivity index (χ3n) is 3.53. The van der Waals surface area contributed by atoms with Crippen molar-refractivity contribution in [1.29, 1.82) is 0 Å². The van der Waals surface area contributed by atoms with Gasteiger partial charge < -0.3 is 16.0 Å². The first kappa shape index (κ1) is 13.8. The summed E-state index contributed by atoms with van der Waals surface area (Å²) in [6.45, 7) is 2.86. The number of anilines is 1. The summed E-state index contributed by atoms with van der Waals surface area (Å²) in [7, 11) is 1.67. The molecule has 1 aliphatic heterocycles. The lowest BCUT2D eigenvalue weighted by atomic mass is 10.1. The smallest absolute Gasteiger partial charge is 0.242 e. The van der Waals surface area contributed by atoms with Gasteiger partial charge in [0.1, 0.15) is 11.0 Å². The molecule has 19 heavy (non-hydrogen) atoms. The van der Waals surface area contributed by atoms with Crippen LogP contribution in [0.2, 0.25) is 0 Å². The Morgan fingerprint density at radius 2 is 2.26 bits per heavy atom. The number of nitrogens with zero attached hydrogens (tertiary/aromatic N) is 1. The molecule has 1 aliphatic rings. The second-order valence-corrected chi connectivity index (χ2v) is 5.29. The SMILES string of the molecule is CNC(=O)C1CCCN1c1ccc(C)cc1C(N)=S. The van der Waals surface area contributed by atoms with E-state index in [0.717, 1.165) is 36.2 Å². The number of benzene rings is 1. The Hall–Kier alpha value is -1.62. The zero-order chi connectivity index (χ0) is 14.0. The third-order valence-corrected chi connectivity index (χ3v) is 3.75. The van der Waals surface area contributed by atoms with E-state index in [0.29, 0.717) is 4.99 Å². The van der Waals surface area contributed by atoms with E-state index in [1.807, 2.05) is 25.1 Å². The van der Waals surface area contributed by atoms with Crippen LogP contribution in [0.3, 0.4) is 0 Å². The zero-order valence-corrected chi connectivity index (χ0v) is 12.1. The number of carbonyl (C=O) groups is 1. The summed E-state index contributed by atoms with van der Waals surface area (Å²) in [5, 5.41) is 2.72. The predicted octanol–water partition coefficient (Wildman–Crippen LogP) is 1.34. The van der Waals surface area contributed by atoms with Crippen molar-refractivity contribution >= 4 is 28.8 Å². The highest BCUT2D eigenvalue weighted by molar-refractivity contribution is 7.80. The van der Waals surface area contributed by atoms with Gasteiger partial charge in [-0.3, -0.25) is 4.79 Å². The summed E-state index contributed by atoms with van der Waals surface area (Å²) in [6.07, 6.45) is 1.87. The molecule has 0 spiro atoms. The largest absolute Gasteiger partial charge is 0.389 e. The number of hydrogen-bond donors (Lipinski definition) is 2. The average molecular weight is 277 g/mol. The first-order chi connectivity index (χ1) is 9.04. The molecule has 1 heterocycles. The number of aryl methyl sites for hydroxylation is 1. The van der Waals surface area contributed by atoms with Crippen molar-refractivity contribution in [2.75, 3.05) is 18.5 Å². The second kappa shape index (κ2) is 5.57. The molecule has 2 rings (SSSR count). The molecule has 1 aromatic carbocycles. The van der Waals surface area contributed by atoms with Crippen LogP contribution in [0, 0.1) is 6.92 Å². The van der Waals surface area contributed by atoms with Crippen LogP contribution in [0.1, 0.15) is 24.0 Å². The van der Waals surface area contributed by atoms with Gasteiger partial charge in [-0.1, -0.05) is 23.8 Å². The number of nitrogens with one attached hydrogen (secondary N) is 1. The first-order valence-electron chi connectivity index (χ1n) is 6.43. The number of hydrogen-bond acceptors (Lipinski definition) is 3. The molecular weight excluding hydrogens is 258 g/mol. The Kier molecular flexibility index (Phi) is 4.04. The third kappa shape index (κ3) is 2.71. The molecule has 4 nitrogen and oxygen atoms in total. The van der Waals surface area contributed by atoms with E-state index in [2.05, 4.69) is 10.2 Å². The van der Waals surface area contributed by atoms with E-state index in [1.54, 1.807) is 7.05 Å². The molecule has 0 saturated carbocycles. The van der Waals surface area contributed by atoms with Crippen molar-refractivity contribution in [2.45, 2.75) is 25.8 Å². The molecule has 1 fully saturated rings. The van der Waals surface area contributed by atoms with Gasteiger partial charge in [0.25, 0.3) is 0 Å². The number of likely N-dealkylation sites (N-methyl/N-ethyl adjacent to an activating group) is 1. The van der Waals surface area contributed by atoms with Crippen LogP contribution in [0.25, 0.3) is 0 Å². The highest BCUT2D eigenvalue weighted by Gasteiger charge is 2.31. The minimum Gasteiger partial charge on any atom is -0.389 e. The van der Waals surface area contributed by atoms with Gasteiger partial charge in [-0.05, 0) is 31.9 Å². The van der Waals surface area contributed by atoms with E-state index in [9.17, 15) is 4.79 Å². The fourth-order valence-corrected chi connectivity index (χ4v) is 2.76. The van der Waals surface area contributed by atoms with Gasteiger partial charge in [0.15, 0.2) is 0 Å². The van der Waals surface area contributed by atoms with Crippen molar-refractivity contribution in [3.05, 3.63) is 29.3 Å². The minimum absolute atomic E-state index is 0.0481. The Bertz CT molecular complexity index is 515. The van der Waals surface area contributed by atoms with E-state index in [-0.39, 0.29) is 11.9 Å². The quantitative estimate of drug-likeness (QED) is 0.819. The van der Waals surface area contributed by atoms with Crippen LogP contribution in [-0.2, 0) is 4.79 Å². The van der Waals surface area contributed by atoms with Gasteiger partial charge in [0.05, 0.1) is 0 Å². The van der Waals surface area contributed by atoms with Gasteiger partial charge in [-0.25, -0.2) is 0 Å². The molecule has 0 bridgehead atoms. The number of thiocarbonyl (C=S) groups is 1. The Labute approximate surface area is 119 Å². The van der Waals surface area contributed by atoms with Gasteiger partial charge in [-0.15, -0.1) is 0 Å². The van der Waals surface area contributed by atoms with Crippen molar-refractivity contribution in [3.8, 4) is 0 Å². The molecule has 0 aromatic heterocycles. The summed E-state index contributed by atoms with van der Waals surface area (Å²) < 4.78 is 0. The predicted molar refractivity (Wildman–Crippen MR) is 81.5 cm³/mol. The molecule has 0 radical (unpaired) electrons. The highest BCUT2D eigenvalue weighted by Crippen LogP contribution is 2.29. The van der Waals surface area contributed by atoms with Crippen molar-refractivity contribution in [3.63, 3.8) is 0 Å². The molecule has 1 amide bonds. The average Bonchev–Trinajstić information content (AvgIpc) is 2.86. The lowest BCUT2D eigenvalue weighted by Crippen LogP contribution is -2.42. The number of amides is 1. The maximum atomic E-state index is 11.9. The van der Waals surface area contributed by atoms with Crippen LogP contribution >= 0.6 is 12.2 Å². The molecule has 1 atom stereocenters. The highest BCUT2D eigenvalue weighted by atomic mass is 32.1. The van der Waals surface area contributed by atoms with Crippen LogP contribution in [0.5, 0.6) is 0 Å². The lowest BCUT2D eigenvalue weighted by Gasteiger charge is -2.27. The summed E-state index contributed by atoms with van der Waals surface area (Å²) >= 11 is 5.13. The summed E-state index contributed by atoms with van der Waals surface area (Å²) in [5.74, 6) is 0.0481. The molecule has 1 aromatic rings. The standard InChI is InChI=1S/C14H19N3OS/c1-9-5-6-11(10(8-9)13(15)19)17-7-3-4-12(17)14(18)16-2/h5-6,8,12H,3-4,7H2,1-2H3,(H2,15,19)(H,16,18). The van der Waals surface area contributed by atoms with Crippen LogP contribution in [0.15, 0.2) is 18.2 Å². The Morgan fingerprint density at radius 1 is 1.53 bits per heavy atom. The number of rotatable bonds is 3.